The maximum atomic E-state index is 9.33. The van der Waals surface area contributed by atoms with Crippen molar-refractivity contribution in [2.24, 2.45) is 0 Å². The molecule has 1 unspecified atom stereocenters. The van der Waals surface area contributed by atoms with Crippen LogP contribution in [0, 0.1) is 0 Å². The lowest BCUT2D eigenvalue weighted by Crippen LogP contribution is -2.10. The van der Waals surface area contributed by atoms with Crippen LogP contribution in [-0.2, 0) is 25.5 Å². The largest absolute Gasteiger partial charge is 0.397 e. The zero-order valence-electron chi connectivity index (χ0n) is 19.2. The normalized spacial score (nSPS) is 12.5. The first kappa shape index (κ1) is 30.4. The molecule has 0 aliphatic carbocycles. The van der Waals surface area contributed by atoms with Gasteiger partial charge in [0, 0.05) is 0 Å². The Morgan fingerprint density at radius 1 is 0.643 bits per heavy atom. The van der Waals surface area contributed by atoms with E-state index in [4.69, 9.17) is 4.55 Å². The monoisotopic (exact) mass is 441 g/mol. The Hall–Kier alpha value is 0.220. The molecule has 28 heavy (non-hydrogen) atoms. The third kappa shape index (κ3) is 30.9. The van der Waals surface area contributed by atoms with E-state index in [2.05, 4.69) is 24.3 Å². The molecule has 0 spiro atoms. The molecule has 0 bridgehead atoms. The molecule has 0 radical (unpaired) electrons. The lowest BCUT2D eigenvalue weighted by molar-refractivity contribution is 0.324. The minimum atomic E-state index is -4.16. The molecule has 1 N–H and O–H groups in total. The Morgan fingerprint density at radius 2 is 0.893 bits per heavy atom. The third-order valence-electron chi connectivity index (χ3n) is 4.90. The highest BCUT2D eigenvalue weighted by Gasteiger charge is 2.09. The molecule has 0 aromatic heterocycles. The van der Waals surface area contributed by atoms with E-state index in [0.29, 0.717) is 10.9 Å². The Balaban J connectivity index is 0. The lowest BCUT2D eigenvalue weighted by Gasteiger charge is -2.05. The summed E-state index contributed by atoms with van der Waals surface area (Å²) in [6.07, 6.45) is 25.9. The van der Waals surface area contributed by atoms with E-state index in [1.165, 1.54) is 114 Å². The SMILES string of the molecule is CCCCCCCCCCCC[S+](C)CCCCCCCC.COS(=O)(=O)O. The molecule has 172 valence electrons. The first-order valence-electron chi connectivity index (χ1n) is 11.5. The van der Waals surface area contributed by atoms with Crippen molar-refractivity contribution in [1.29, 1.82) is 0 Å². The molecular formula is C22H49O4S2+. The standard InChI is InChI=1S/C21H45S.CH4O4S/c1-4-6-8-10-12-13-14-15-17-19-21-22(3)20-18-16-11-9-7-5-2;1-5-6(2,3)4/h4-21H2,1-3H3;1H3,(H,2,3,4)/q+1;. The van der Waals surface area contributed by atoms with Crippen LogP contribution in [-0.4, -0.2) is 37.8 Å². The predicted molar refractivity (Wildman–Crippen MR) is 127 cm³/mol. The maximum Gasteiger partial charge on any atom is 0.397 e. The van der Waals surface area contributed by atoms with Gasteiger partial charge in [0.25, 0.3) is 0 Å². The van der Waals surface area contributed by atoms with Gasteiger partial charge in [0.1, 0.15) is 11.5 Å². The van der Waals surface area contributed by atoms with Crippen molar-refractivity contribution in [1.82, 2.24) is 0 Å². The van der Waals surface area contributed by atoms with Crippen LogP contribution in [0.1, 0.15) is 117 Å². The second kappa shape index (κ2) is 23.5. The molecule has 0 saturated carbocycles. The highest BCUT2D eigenvalue weighted by atomic mass is 32.3. The van der Waals surface area contributed by atoms with E-state index in [-0.39, 0.29) is 0 Å². The first-order chi connectivity index (χ1) is 13.4. The summed E-state index contributed by atoms with van der Waals surface area (Å²) >= 11 is 0. The summed E-state index contributed by atoms with van der Waals surface area (Å²) < 4.78 is 29.7. The summed E-state index contributed by atoms with van der Waals surface area (Å²) in [6, 6.07) is 0. The average molecular weight is 442 g/mol. The van der Waals surface area contributed by atoms with E-state index in [1.54, 1.807) is 0 Å². The van der Waals surface area contributed by atoms with Crippen molar-refractivity contribution >= 4 is 21.3 Å². The molecule has 0 aromatic carbocycles. The second-order valence-corrected chi connectivity index (χ2v) is 11.3. The van der Waals surface area contributed by atoms with Crippen LogP contribution >= 0.6 is 0 Å². The van der Waals surface area contributed by atoms with Gasteiger partial charge in [0.15, 0.2) is 0 Å². The fraction of sp³-hybridized carbons (Fsp3) is 1.00. The second-order valence-electron chi connectivity index (χ2n) is 7.73. The number of unbranched alkanes of at least 4 members (excludes halogenated alkanes) is 14. The molecule has 1 atom stereocenters. The summed E-state index contributed by atoms with van der Waals surface area (Å²) in [5.41, 5.74) is 0. The van der Waals surface area contributed by atoms with Crippen LogP contribution in [0.15, 0.2) is 0 Å². The smallest absolute Gasteiger partial charge is 0.264 e. The van der Waals surface area contributed by atoms with Gasteiger partial charge in [-0.15, -0.1) is 0 Å². The fourth-order valence-electron chi connectivity index (χ4n) is 3.07. The van der Waals surface area contributed by atoms with Gasteiger partial charge in [0.2, 0.25) is 0 Å². The zero-order valence-corrected chi connectivity index (χ0v) is 20.8. The van der Waals surface area contributed by atoms with E-state index in [1.807, 2.05) is 0 Å². The minimum absolute atomic E-state index is 0.710. The number of rotatable bonds is 19. The Bertz CT molecular complexity index is 386. The van der Waals surface area contributed by atoms with Gasteiger partial charge < -0.3 is 0 Å². The number of hydrogen-bond donors (Lipinski definition) is 1. The van der Waals surface area contributed by atoms with Gasteiger partial charge >= 0.3 is 10.4 Å². The van der Waals surface area contributed by atoms with Crippen molar-refractivity contribution in [2.45, 2.75) is 117 Å². The lowest BCUT2D eigenvalue weighted by atomic mass is 10.1. The highest BCUT2D eigenvalue weighted by molar-refractivity contribution is 7.96. The summed E-state index contributed by atoms with van der Waals surface area (Å²) in [5, 5.41) is 0. The van der Waals surface area contributed by atoms with Crippen LogP contribution in [0.4, 0.5) is 0 Å². The van der Waals surface area contributed by atoms with Gasteiger partial charge in [0.05, 0.1) is 13.4 Å². The molecule has 0 aliphatic heterocycles. The maximum absolute atomic E-state index is 9.33. The van der Waals surface area contributed by atoms with E-state index in [9.17, 15) is 8.42 Å². The van der Waals surface area contributed by atoms with Crippen LogP contribution in [0.2, 0.25) is 0 Å². The third-order valence-corrected chi connectivity index (χ3v) is 7.30. The molecule has 0 aliphatic rings. The summed E-state index contributed by atoms with van der Waals surface area (Å²) in [7, 11) is -2.58. The molecule has 0 aromatic rings. The molecule has 4 nitrogen and oxygen atoms in total. The topological polar surface area (TPSA) is 63.6 Å². The molecule has 0 amide bonds. The van der Waals surface area contributed by atoms with Crippen LogP contribution in [0.5, 0.6) is 0 Å². The van der Waals surface area contributed by atoms with Gasteiger partial charge in [-0.1, -0.05) is 90.9 Å². The molecule has 0 saturated heterocycles. The number of hydrogen-bond acceptors (Lipinski definition) is 3. The van der Waals surface area contributed by atoms with Crippen molar-refractivity contribution < 1.29 is 17.2 Å². The Morgan fingerprint density at radius 3 is 1.14 bits per heavy atom. The van der Waals surface area contributed by atoms with E-state index >= 15 is 0 Å². The molecule has 0 fully saturated rings. The zero-order chi connectivity index (χ0) is 21.5. The molecular weight excluding hydrogens is 392 g/mol. The summed E-state index contributed by atoms with van der Waals surface area (Å²) in [5.74, 6) is 3.01. The highest BCUT2D eigenvalue weighted by Crippen LogP contribution is 2.12. The van der Waals surface area contributed by atoms with Crippen molar-refractivity contribution in [3.8, 4) is 0 Å². The first-order valence-corrected chi connectivity index (χ1v) is 14.8. The molecule has 6 heteroatoms. The van der Waals surface area contributed by atoms with Crippen LogP contribution in [0.3, 0.4) is 0 Å². The quantitative estimate of drug-likeness (QED) is 0.134. The fourth-order valence-corrected chi connectivity index (χ4v) is 4.66. The van der Waals surface area contributed by atoms with E-state index < -0.39 is 10.4 Å². The van der Waals surface area contributed by atoms with Gasteiger partial charge in [-0.25, -0.2) is 0 Å². The Kier molecular flexibility index (Phi) is 25.5. The van der Waals surface area contributed by atoms with E-state index in [0.717, 1.165) is 7.11 Å². The van der Waals surface area contributed by atoms with Crippen LogP contribution < -0.4 is 0 Å². The van der Waals surface area contributed by atoms with Gasteiger partial charge in [-0.05, 0) is 36.6 Å². The average Bonchev–Trinajstić information content (AvgIpc) is 2.66. The van der Waals surface area contributed by atoms with Gasteiger partial charge in [-0.3, -0.25) is 8.74 Å². The van der Waals surface area contributed by atoms with Crippen molar-refractivity contribution in [2.75, 3.05) is 24.9 Å². The molecule has 0 rings (SSSR count). The minimum Gasteiger partial charge on any atom is -0.264 e. The van der Waals surface area contributed by atoms with Crippen molar-refractivity contribution in [3.05, 3.63) is 0 Å². The van der Waals surface area contributed by atoms with Crippen LogP contribution in [0.25, 0.3) is 0 Å². The van der Waals surface area contributed by atoms with Gasteiger partial charge in [-0.2, -0.15) is 8.42 Å². The van der Waals surface area contributed by atoms with Crippen molar-refractivity contribution in [3.63, 3.8) is 0 Å². The summed E-state index contributed by atoms with van der Waals surface area (Å²) in [6.45, 7) is 4.60. The summed E-state index contributed by atoms with van der Waals surface area (Å²) in [4.78, 5) is 0. The predicted octanol–water partition coefficient (Wildman–Crippen LogP) is 6.95. The Labute approximate surface area is 179 Å². The molecule has 0 heterocycles.